The van der Waals surface area contributed by atoms with Gasteiger partial charge in [-0.1, -0.05) is 18.2 Å². The van der Waals surface area contributed by atoms with Gasteiger partial charge in [0.1, 0.15) is 11.1 Å². The second-order valence-corrected chi connectivity index (χ2v) is 5.28. The zero-order chi connectivity index (χ0) is 17.8. The molecule has 0 unspecified atom stereocenters. The molecule has 25 heavy (non-hydrogen) atoms. The summed E-state index contributed by atoms with van der Waals surface area (Å²) in [5.74, 6) is -0.870. The highest BCUT2D eigenvalue weighted by molar-refractivity contribution is 6.05. The van der Waals surface area contributed by atoms with Gasteiger partial charge in [-0.25, -0.2) is 4.79 Å². The minimum absolute atomic E-state index is 0.133. The summed E-state index contributed by atoms with van der Waals surface area (Å²) in [4.78, 5) is 24.0. The number of amides is 1. The third-order valence-electron chi connectivity index (χ3n) is 3.57. The molecule has 3 rings (SSSR count). The van der Waals surface area contributed by atoms with Crippen molar-refractivity contribution in [3.8, 4) is 0 Å². The molecule has 1 aromatic heterocycles. The highest BCUT2D eigenvalue weighted by Crippen LogP contribution is 2.15. The number of ether oxygens (including phenoxy) is 1. The smallest absolute Gasteiger partial charge is 0.338 e. The predicted octanol–water partition coefficient (Wildman–Crippen LogP) is 3.34. The Morgan fingerprint density at radius 1 is 1.12 bits per heavy atom. The van der Waals surface area contributed by atoms with Gasteiger partial charge < -0.3 is 14.5 Å². The van der Waals surface area contributed by atoms with E-state index in [1.54, 1.807) is 49.4 Å². The lowest BCUT2D eigenvalue weighted by Gasteiger charge is -2.07. The second-order valence-electron chi connectivity index (χ2n) is 5.28. The molecule has 0 spiro atoms. The molecular formula is C19H16N2O4. The first-order valence-corrected chi connectivity index (χ1v) is 7.74. The maximum atomic E-state index is 12.4. The largest absolute Gasteiger partial charge is 0.462 e. The van der Waals surface area contributed by atoms with Crippen LogP contribution in [0.3, 0.4) is 0 Å². The summed E-state index contributed by atoms with van der Waals surface area (Å²) in [6, 6.07) is 15.1. The van der Waals surface area contributed by atoms with E-state index in [-0.39, 0.29) is 11.1 Å². The Labute approximate surface area is 143 Å². The fourth-order valence-corrected chi connectivity index (χ4v) is 2.35. The van der Waals surface area contributed by atoms with E-state index < -0.39 is 11.9 Å². The van der Waals surface area contributed by atoms with Gasteiger partial charge in [0.25, 0.3) is 5.91 Å². The molecule has 0 fully saturated rings. The van der Waals surface area contributed by atoms with Crippen molar-refractivity contribution in [1.82, 2.24) is 0 Å². The quantitative estimate of drug-likeness (QED) is 0.715. The van der Waals surface area contributed by atoms with Crippen LogP contribution in [-0.4, -0.2) is 18.5 Å². The molecule has 0 atom stereocenters. The molecule has 0 aliphatic carbocycles. The molecule has 6 nitrogen and oxygen atoms in total. The zero-order valence-corrected chi connectivity index (χ0v) is 13.5. The van der Waals surface area contributed by atoms with Gasteiger partial charge in [0, 0.05) is 11.1 Å². The molecular weight excluding hydrogens is 320 g/mol. The Morgan fingerprint density at radius 2 is 1.84 bits per heavy atom. The molecule has 6 heteroatoms. The topological polar surface area (TPSA) is 92.4 Å². The number of para-hydroxylation sites is 1. The minimum atomic E-state index is -0.455. The number of rotatable bonds is 4. The number of nitrogens with one attached hydrogen (secondary N) is 2. The Hall–Kier alpha value is -3.41. The fraction of sp³-hybridized carbons (Fsp3) is 0.105. The Balaban J connectivity index is 1.81. The van der Waals surface area contributed by atoms with Gasteiger partial charge >= 0.3 is 5.97 Å². The molecule has 0 bridgehead atoms. The summed E-state index contributed by atoms with van der Waals surface area (Å²) in [5, 5.41) is 11.3. The van der Waals surface area contributed by atoms with Crippen LogP contribution < -0.4 is 10.9 Å². The van der Waals surface area contributed by atoms with E-state index in [1.807, 2.05) is 12.1 Å². The van der Waals surface area contributed by atoms with Crippen LogP contribution in [0.1, 0.15) is 27.6 Å². The predicted molar refractivity (Wildman–Crippen MR) is 92.4 cm³/mol. The highest BCUT2D eigenvalue weighted by atomic mass is 16.5. The van der Waals surface area contributed by atoms with Crippen molar-refractivity contribution in [3.63, 3.8) is 0 Å². The fourth-order valence-electron chi connectivity index (χ4n) is 2.35. The lowest BCUT2D eigenvalue weighted by Crippen LogP contribution is -2.20. The number of anilines is 1. The van der Waals surface area contributed by atoms with Gasteiger partial charge in [-0.2, -0.15) is 0 Å². The van der Waals surface area contributed by atoms with Crippen LogP contribution in [0.4, 0.5) is 5.69 Å². The Bertz CT molecular complexity index is 990. The van der Waals surface area contributed by atoms with Crippen molar-refractivity contribution >= 4 is 28.5 Å². The molecule has 0 aliphatic heterocycles. The molecule has 0 aliphatic rings. The van der Waals surface area contributed by atoms with E-state index in [0.29, 0.717) is 23.4 Å². The van der Waals surface area contributed by atoms with E-state index >= 15 is 0 Å². The second kappa shape index (κ2) is 7.00. The number of esters is 1. The van der Waals surface area contributed by atoms with Gasteiger partial charge in [0.2, 0.25) is 5.55 Å². The van der Waals surface area contributed by atoms with Gasteiger partial charge in [-0.3, -0.25) is 10.2 Å². The molecule has 1 heterocycles. The van der Waals surface area contributed by atoms with Crippen molar-refractivity contribution in [3.05, 3.63) is 71.3 Å². The van der Waals surface area contributed by atoms with E-state index in [1.165, 1.54) is 0 Å². The maximum absolute atomic E-state index is 12.4. The number of carbonyl (C=O) groups excluding carboxylic acids is 2. The third-order valence-corrected chi connectivity index (χ3v) is 3.57. The average molecular weight is 336 g/mol. The number of benzene rings is 2. The van der Waals surface area contributed by atoms with Crippen molar-refractivity contribution < 1.29 is 18.7 Å². The number of carbonyl (C=O) groups is 2. The third kappa shape index (κ3) is 3.58. The van der Waals surface area contributed by atoms with Crippen LogP contribution in [0, 0.1) is 5.41 Å². The zero-order valence-electron chi connectivity index (χ0n) is 13.5. The lowest BCUT2D eigenvalue weighted by atomic mass is 10.1. The Kier molecular flexibility index (Phi) is 4.61. The standard InChI is InChI=1S/C19H16N2O4/c1-2-24-19(23)12-7-9-14(10-8-12)21-18(22)15-11-13-5-3-4-6-16(13)25-17(15)20/h3-11,20H,2H2,1H3,(H,21,22). The van der Waals surface area contributed by atoms with E-state index in [0.717, 1.165) is 5.39 Å². The van der Waals surface area contributed by atoms with Crippen LogP contribution in [0.2, 0.25) is 0 Å². The van der Waals surface area contributed by atoms with Crippen molar-refractivity contribution in [1.29, 1.82) is 5.41 Å². The van der Waals surface area contributed by atoms with Gasteiger partial charge in [0.05, 0.1) is 12.2 Å². The minimum Gasteiger partial charge on any atom is -0.462 e. The summed E-state index contributed by atoms with van der Waals surface area (Å²) in [6.07, 6.45) is 0. The molecule has 2 aromatic carbocycles. The number of hydrogen-bond acceptors (Lipinski definition) is 5. The SMILES string of the molecule is CCOC(=O)c1ccc(NC(=O)c2cc3ccccc3oc2=N)cc1. The summed E-state index contributed by atoms with van der Waals surface area (Å²) >= 11 is 0. The molecule has 2 N–H and O–H groups in total. The average Bonchev–Trinajstić information content (AvgIpc) is 2.62. The van der Waals surface area contributed by atoms with Crippen LogP contribution >= 0.6 is 0 Å². The summed E-state index contributed by atoms with van der Waals surface area (Å²) < 4.78 is 10.3. The number of fused-ring (bicyclic) bond motifs is 1. The summed E-state index contributed by atoms with van der Waals surface area (Å²) in [6.45, 7) is 2.04. The molecule has 1 amide bonds. The van der Waals surface area contributed by atoms with E-state index in [9.17, 15) is 9.59 Å². The summed E-state index contributed by atoms with van der Waals surface area (Å²) in [5.41, 5.74) is 1.38. The molecule has 0 saturated carbocycles. The Morgan fingerprint density at radius 3 is 2.56 bits per heavy atom. The van der Waals surface area contributed by atoms with Crippen molar-refractivity contribution in [2.75, 3.05) is 11.9 Å². The summed E-state index contributed by atoms with van der Waals surface area (Å²) in [7, 11) is 0. The maximum Gasteiger partial charge on any atom is 0.338 e. The first-order valence-electron chi connectivity index (χ1n) is 7.74. The molecule has 3 aromatic rings. The molecule has 126 valence electrons. The molecule has 0 saturated heterocycles. The highest BCUT2D eigenvalue weighted by Gasteiger charge is 2.12. The van der Waals surface area contributed by atoms with E-state index in [4.69, 9.17) is 14.6 Å². The lowest BCUT2D eigenvalue weighted by molar-refractivity contribution is 0.0526. The molecule has 0 radical (unpaired) electrons. The van der Waals surface area contributed by atoms with Crippen LogP contribution in [-0.2, 0) is 4.74 Å². The first kappa shape index (κ1) is 16.4. The normalized spacial score (nSPS) is 10.4. The van der Waals surface area contributed by atoms with Gasteiger partial charge in [0.15, 0.2) is 0 Å². The van der Waals surface area contributed by atoms with Crippen molar-refractivity contribution in [2.24, 2.45) is 0 Å². The van der Waals surface area contributed by atoms with Crippen molar-refractivity contribution in [2.45, 2.75) is 6.92 Å². The van der Waals surface area contributed by atoms with E-state index in [2.05, 4.69) is 5.32 Å². The van der Waals surface area contributed by atoms with Gasteiger partial charge in [-0.15, -0.1) is 0 Å². The van der Waals surface area contributed by atoms with Gasteiger partial charge in [-0.05, 0) is 43.3 Å². The monoisotopic (exact) mass is 336 g/mol. The first-order chi connectivity index (χ1) is 12.1. The number of hydrogen-bond donors (Lipinski definition) is 2. The van der Waals surface area contributed by atoms with Crippen LogP contribution in [0.25, 0.3) is 11.0 Å². The van der Waals surface area contributed by atoms with Crippen LogP contribution in [0.5, 0.6) is 0 Å². The van der Waals surface area contributed by atoms with Crippen LogP contribution in [0.15, 0.2) is 59.0 Å².